The lowest BCUT2D eigenvalue weighted by Crippen LogP contribution is -2.51. The number of carbonyl (C=O) groups excluding carboxylic acids is 1. The first-order valence-corrected chi connectivity index (χ1v) is 6.25. The van der Waals surface area contributed by atoms with Gasteiger partial charge in [0, 0.05) is 0 Å². The molecule has 0 aromatic carbocycles. The maximum Gasteiger partial charge on any atom is 0.323 e. The van der Waals surface area contributed by atoms with E-state index in [9.17, 15) is 9.59 Å². The van der Waals surface area contributed by atoms with Crippen molar-refractivity contribution in [3.05, 3.63) is 0 Å². The molecule has 0 aromatic heterocycles. The van der Waals surface area contributed by atoms with Crippen LogP contribution in [0.15, 0.2) is 0 Å². The van der Waals surface area contributed by atoms with Gasteiger partial charge >= 0.3 is 5.97 Å². The molecular formula is C13H20N2O3. The van der Waals surface area contributed by atoms with Gasteiger partial charge in [0.2, 0.25) is 5.91 Å². The molecule has 2 unspecified atom stereocenters. The number of hydrogen-bond donors (Lipinski definition) is 2. The molecule has 0 saturated carbocycles. The molecular weight excluding hydrogens is 232 g/mol. The van der Waals surface area contributed by atoms with E-state index >= 15 is 0 Å². The number of amides is 1. The molecule has 1 aliphatic heterocycles. The smallest absolute Gasteiger partial charge is 0.323 e. The highest BCUT2D eigenvalue weighted by Crippen LogP contribution is 2.20. The van der Waals surface area contributed by atoms with Crippen LogP contribution in [-0.2, 0) is 9.59 Å². The summed E-state index contributed by atoms with van der Waals surface area (Å²) in [5, 5.41) is 11.9. The van der Waals surface area contributed by atoms with Gasteiger partial charge in [-0.05, 0) is 25.3 Å². The van der Waals surface area contributed by atoms with Crippen LogP contribution in [0.1, 0.15) is 26.2 Å². The standard InChI is InChI=1S/C13H20N2O3/c1-3-7-15(9-12(16)17)13(18)11-8-10(4-2)5-6-14-11/h1,10-11,14H,4-9H2,2H3,(H,16,17). The lowest BCUT2D eigenvalue weighted by atomic mass is 9.90. The highest BCUT2D eigenvalue weighted by Gasteiger charge is 2.29. The number of carboxylic acids is 1. The Morgan fingerprint density at radius 2 is 2.28 bits per heavy atom. The van der Waals surface area contributed by atoms with E-state index in [1.807, 2.05) is 0 Å². The number of carbonyl (C=O) groups is 2. The van der Waals surface area contributed by atoms with Crippen molar-refractivity contribution in [2.24, 2.45) is 5.92 Å². The number of terminal acetylenes is 1. The fraction of sp³-hybridized carbons (Fsp3) is 0.692. The second-order valence-corrected chi connectivity index (χ2v) is 4.60. The number of aliphatic carboxylic acids is 1. The van der Waals surface area contributed by atoms with Crippen LogP contribution in [0, 0.1) is 18.3 Å². The minimum atomic E-state index is -1.04. The third-order valence-electron chi connectivity index (χ3n) is 3.31. The second kappa shape index (κ2) is 7.02. The van der Waals surface area contributed by atoms with E-state index in [2.05, 4.69) is 18.2 Å². The summed E-state index contributed by atoms with van der Waals surface area (Å²) < 4.78 is 0. The predicted molar refractivity (Wildman–Crippen MR) is 67.9 cm³/mol. The lowest BCUT2D eigenvalue weighted by Gasteiger charge is -2.32. The van der Waals surface area contributed by atoms with Crippen LogP contribution in [0.4, 0.5) is 0 Å². The van der Waals surface area contributed by atoms with Crippen LogP contribution < -0.4 is 5.32 Å². The third-order valence-corrected chi connectivity index (χ3v) is 3.31. The SMILES string of the molecule is C#CCN(CC(=O)O)C(=O)C1CC(CC)CCN1. The van der Waals surface area contributed by atoms with Crippen molar-refractivity contribution in [3.8, 4) is 12.3 Å². The van der Waals surface area contributed by atoms with Gasteiger partial charge < -0.3 is 15.3 Å². The molecule has 18 heavy (non-hydrogen) atoms. The van der Waals surface area contributed by atoms with Gasteiger partial charge in [0.25, 0.3) is 0 Å². The Morgan fingerprint density at radius 1 is 1.56 bits per heavy atom. The van der Waals surface area contributed by atoms with E-state index in [1.165, 1.54) is 4.90 Å². The number of hydrogen-bond acceptors (Lipinski definition) is 3. The first-order valence-electron chi connectivity index (χ1n) is 6.25. The molecule has 1 heterocycles. The van der Waals surface area contributed by atoms with Crippen molar-refractivity contribution in [2.45, 2.75) is 32.2 Å². The number of nitrogens with zero attached hydrogens (tertiary/aromatic N) is 1. The number of rotatable bonds is 5. The fourth-order valence-electron chi connectivity index (χ4n) is 2.26. The summed E-state index contributed by atoms with van der Waals surface area (Å²) in [5.74, 6) is 1.62. The first-order chi connectivity index (χ1) is 8.58. The zero-order valence-electron chi connectivity index (χ0n) is 10.7. The Kier molecular flexibility index (Phi) is 5.66. The summed E-state index contributed by atoms with van der Waals surface area (Å²) in [6.07, 6.45) is 8.03. The molecule has 0 spiro atoms. The molecule has 0 aromatic rings. The number of nitrogens with one attached hydrogen (secondary N) is 1. The van der Waals surface area contributed by atoms with Gasteiger partial charge in [-0.15, -0.1) is 6.42 Å². The summed E-state index contributed by atoms with van der Waals surface area (Å²) in [6.45, 7) is 2.61. The van der Waals surface area contributed by atoms with Gasteiger partial charge in [0.05, 0.1) is 12.6 Å². The van der Waals surface area contributed by atoms with Crippen molar-refractivity contribution in [1.29, 1.82) is 0 Å². The maximum absolute atomic E-state index is 12.2. The Labute approximate surface area is 108 Å². The molecule has 0 bridgehead atoms. The molecule has 1 saturated heterocycles. The Hall–Kier alpha value is -1.54. The molecule has 1 rings (SSSR count). The van der Waals surface area contributed by atoms with Gasteiger partial charge in [-0.3, -0.25) is 9.59 Å². The molecule has 0 aliphatic carbocycles. The molecule has 1 fully saturated rings. The van der Waals surface area contributed by atoms with Gasteiger partial charge in [-0.25, -0.2) is 0 Å². The monoisotopic (exact) mass is 252 g/mol. The minimum absolute atomic E-state index is 0.0418. The predicted octanol–water partition coefficient (Wildman–Crippen LogP) is 0.311. The summed E-state index contributed by atoms with van der Waals surface area (Å²) in [4.78, 5) is 24.1. The van der Waals surface area contributed by atoms with Gasteiger partial charge in [-0.2, -0.15) is 0 Å². The van der Waals surface area contributed by atoms with E-state index < -0.39 is 5.97 Å². The first kappa shape index (κ1) is 14.5. The average molecular weight is 252 g/mol. The molecule has 2 atom stereocenters. The lowest BCUT2D eigenvalue weighted by molar-refractivity contribution is -0.145. The van der Waals surface area contributed by atoms with Crippen LogP contribution in [0.5, 0.6) is 0 Å². The maximum atomic E-state index is 12.2. The van der Waals surface area contributed by atoms with Gasteiger partial charge in [-0.1, -0.05) is 19.3 Å². The minimum Gasteiger partial charge on any atom is -0.480 e. The Balaban J connectivity index is 2.64. The van der Waals surface area contributed by atoms with Crippen LogP contribution in [0.2, 0.25) is 0 Å². The van der Waals surface area contributed by atoms with Crippen molar-refractivity contribution in [3.63, 3.8) is 0 Å². The molecule has 5 nitrogen and oxygen atoms in total. The average Bonchev–Trinajstić information content (AvgIpc) is 2.37. The third kappa shape index (κ3) is 4.04. The largest absolute Gasteiger partial charge is 0.480 e. The molecule has 0 radical (unpaired) electrons. The van der Waals surface area contributed by atoms with Crippen LogP contribution in [0.25, 0.3) is 0 Å². The summed E-state index contributed by atoms with van der Waals surface area (Å²) in [7, 11) is 0. The highest BCUT2D eigenvalue weighted by molar-refractivity contribution is 5.85. The van der Waals surface area contributed by atoms with E-state index in [4.69, 9.17) is 11.5 Å². The summed E-state index contributed by atoms with van der Waals surface area (Å²) in [5.41, 5.74) is 0. The van der Waals surface area contributed by atoms with Crippen molar-refractivity contribution >= 4 is 11.9 Å². The van der Waals surface area contributed by atoms with E-state index in [-0.39, 0.29) is 25.0 Å². The molecule has 1 amide bonds. The van der Waals surface area contributed by atoms with Gasteiger partial charge in [0.15, 0.2) is 0 Å². The van der Waals surface area contributed by atoms with Crippen LogP contribution >= 0.6 is 0 Å². The highest BCUT2D eigenvalue weighted by atomic mass is 16.4. The van der Waals surface area contributed by atoms with Crippen molar-refractivity contribution < 1.29 is 14.7 Å². The summed E-state index contributed by atoms with van der Waals surface area (Å²) in [6, 6.07) is -0.295. The fourth-order valence-corrected chi connectivity index (χ4v) is 2.26. The number of carboxylic acid groups (broad SMARTS) is 1. The van der Waals surface area contributed by atoms with E-state index in [0.29, 0.717) is 5.92 Å². The van der Waals surface area contributed by atoms with Crippen molar-refractivity contribution in [2.75, 3.05) is 19.6 Å². The molecule has 1 aliphatic rings. The second-order valence-electron chi connectivity index (χ2n) is 4.60. The Bertz CT molecular complexity index is 349. The van der Waals surface area contributed by atoms with Crippen LogP contribution in [0.3, 0.4) is 0 Å². The quantitative estimate of drug-likeness (QED) is 0.691. The summed E-state index contributed by atoms with van der Waals surface area (Å²) >= 11 is 0. The van der Waals surface area contributed by atoms with Gasteiger partial charge in [0.1, 0.15) is 6.54 Å². The Morgan fingerprint density at radius 3 is 2.83 bits per heavy atom. The zero-order valence-corrected chi connectivity index (χ0v) is 10.7. The van der Waals surface area contributed by atoms with E-state index in [1.54, 1.807) is 0 Å². The molecule has 2 N–H and O–H groups in total. The van der Waals surface area contributed by atoms with Crippen LogP contribution in [-0.4, -0.2) is 47.6 Å². The van der Waals surface area contributed by atoms with E-state index in [0.717, 1.165) is 25.8 Å². The topological polar surface area (TPSA) is 69.6 Å². The van der Waals surface area contributed by atoms with Crippen molar-refractivity contribution in [1.82, 2.24) is 10.2 Å². The number of piperidine rings is 1. The molecule has 100 valence electrons. The normalized spacial score (nSPS) is 23.1. The molecule has 5 heteroatoms. The zero-order chi connectivity index (χ0) is 13.5.